The molecule has 1 N–H and O–H groups in total. The zero-order valence-corrected chi connectivity index (χ0v) is 14.4. The minimum Gasteiger partial charge on any atom is -0.357 e. The average Bonchev–Trinajstić information content (AvgIpc) is 3.20. The normalized spacial score (nSPS) is 19.9. The molecule has 0 spiro atoms. The molecule has 126 valence electrons. The summed E-state index contributed by atoms with van der Waals surface area (Å²) in [6.07, 6.45) is 5.87. The van der Waals surface area contributed by atoms with E-state index < -0.39 is 0 Å². The van der Waals surface area contributed by atoms with E-state index in [-0.39, 0.29) is 17.9 Å². The maximum absolute atomic E-state index is 13.4. The number of nitrogens with one attached hydrogen (secondary N) is 1. The second kappa shape index (κ2) is 6.29. The highest BCUT2D eigenvalue weighted by Crippen LogP contribution is 2.41. The van der Waals surface area contributed by atoms with Crippen molar-refractivity contribution in [2.75, 3.05) is 4.90 Å². The molecule has 2 aromatic heterocycles. The van der Waals surface area contributed by atoms with E-state index >= 15 is 0 Å². The maximum atomic E-state index is 13.4. The van der Waals surface area contributed by atoms with Crippen LogP contribution in [-0.4, -0.2) is 14.7 Å². The first-order valence-corrected chi connectivity index (χ1v) is 8.42. The van der Waals surface area contributed by atoms with Gasteiger partial charge < -0.3 is 14.8 Å². The van der Waals surface area contributed by atoms with E-state index in [1.807, 2.05) is 40.9 Å². The first-order valence-electron chi connectivity index (χ1n) is 8.01. The number of aromatic nitrogens is 2. The number of benzene rings is 1. The molecular formula is C19H17FN4S. The monoisotopic (exact) mass is 352 g/mol. The molecule has 1 fully saturated rings. The number of rotatable bonds is 3. The van der Waals surface area contributed by atoms with Crippen molar-refractivity contribution in [3.05, 3.63) is 84.2 Å². The second-order valence-electron chi connectivity index (χ2n) is 6.08. The van der Waals surface area contributed by atoms with Gasteiger partial charge in [0.1, 0.15) is 5.82 Å². The summed E-state index contributed by atoms with van der Waals surface area (Å²) >= 11 is 5.60. The molecule has 0 bridgehead atoms. The van der Waals surface area contributed by atoms with Gasteiger partial charge in [-0.25, -0.2) is 4.39 Å². The molecule has 0 radical (unpaired) electrons. The van der Waals surface area contributed by atoms with Gasteiger partial charge in [-0.2, -0.15) is 0 Å². The summed E-state index contributed by atoms with van der Waals surface area (Å²) < 4.78 is 15.4. The van der Waals surface area contributed by atoms with Gasteiger partial charge >= 0.3 is 0 Å². The molecule has 1 aromatic carbocycles. The molecule has 1 saturated heterocycles. The number of nitrogens with zero attached hydrogens (tertiary/aromatic N) is 3. The average molecular weight is 352 g/mol. The predicted molar refractivity (Wildman–Crippen MR) is 99.7 cm³/mol. The lowest BCUT2D eigenvalue weighted by atomic mass is 9.98. The molecule has 6 heteroatoms. The topological polar surface area (TPSA) is 33.1 Å². The van der Waals surface area contributed by atoms with Gasteiger partial charge in [-0.1, -0.05) is 6.07 Å². The molecule has 4 rings (SSSR count). The fraction of sp³-hybridized carbons (Fsp3) is 0.158. The van der Waals surface area contributed by atoms with Gasteiger partial charge in [-0.15, -0.1) is 0 Å². The summed E-state index contributed by atoms with van der Waals surface area (Å²) in [5, 5.41) is 3.99. The fourth-order valence-electron chi connectivity index (χ4n) is 3.27. The first kappa shape index (κ1) is 15.8. The zero-order chi connectivity index (χ0) is 17.4. The van der Waals surface area contributed by atoms with Crippen LogP contribution in [-0.2, 0) is 7.05 Å². The molecule has 0 amide bonds. The molecule has 1 aliphatic heterocycles. The Morgan fingerprint density at radius 1 is 1.12 bits per heavy atom. The van der Waals surface area contributed by atoms with E-state index in [2.05, 4.69) is 22.6 Å². The Morgan fingerprint density at radius 2 is 1.92 bits per heavy atom. The summed E-state index contributed by atoms with van der Waals surface area (Å²) in [5.74, 6) is -0.264. The van der Waals surface area contributed by atoms with Crippen LogP contribution in [0.25, 0.3) is 0 Å². The largest absolute Gasteiger partial charge is 0.357 e. The number of anilines is 1. The molecule has 0 unspecified atom stereocenters. The van der Waals surface area contributed by atoms with Gasteiger partial charge in [-0.3, -0.25) is 4.98 Å². The molecule has 2 atom stereocenters. The molecule has 1 aliphatic rings. The van der Waals surface area contributed by atoms with Gasteiger partial charge in [0.2, 0.25) is 0 Å². The van der Waals surface area contributed by atoms with Gasteiger partial charge in [0.15, 0.2) is 5.11 Å². The van der Waals surface area contributed by atoms with Crippen molar-refractivity contribution in [3.8, 4) is 0 Å². The molecule has 25 heavy (non-hydrogen) atoms. The van der Waals surface area contributed by atoms with E-state index in [1.165, 1.54) is 12.1 Å². The van der Waals surface area contributed by atoms with E-state index in [0.29, 0.717) is 5.11 Å². The number of aryl methyl sites for hydroxylation is 1. The lowest BCUT2D eigenvalue weighted by Crippen LogP contribution is -2.29. The quantitative estimate of drug-likeness (QED) is 0.728. The summed E-state index contributed by atoms with van der Waals surface area (Å²) in [7, 11) is 1.99. The van der Waals surface area contributed by atoms with Crippen LogP contribution in [0, 0.1) is 5.82 Å². The van der Waals surface area contributed by atoms with Crippen LogP contribution in [0.3, 0.4) is 0 Å². The van der Waals surface area contributed by atoms with Crippen LogP contribution in [0.5, 0.6) is 0 Å². The van der Waals surface area contributed by atoms with Crippen molar-refractivity contribution in [2.24, 2.45) is 7.05 Å². The Kier molecular flexibility index (Phi) is 3.97. The van der Waals surface area contributed by atoms with Gasteiger partial charge in [0.05, 0.1) is 17.8 Å². The highest BCUT2D eigenvalue weighted by Gasteiger charge is 2.40. The van der Waals surface area contributed by atoms with E-state index in [9.17, 15) is 4.39 Å². The molecular weight excluding hydrogens is 335 g/mol. The molecule has 3 heterocycles. The Bertz CT molecular complexity index is 891. The second-order valence-corrected chi connectivity index (χ2v) is 6.47. The minimum absolute atomic E-state index is 0.0611. The lowest BCUT2D eigenvalue weighted by molar-refractivity contribution is 0.567. The highest BCUT2D eigenvalue weighted by atomic mass is 32.1. The SMILES string of the molecule is Cn1ccc([C@H]2[C@@H](c3ccccn3)NC(=S)N2c2ccc(F)cc2)c1. The maximum Gasteiger partial charge on any atom is 0.174 e. The van der Waals surface area contributed by atoms with Crippen molar-refractivity contribution in [2.45, 2.75) is 12.1 Å². The summed E-state index contributed by atoms with van der Waals surface area (Å²) in [6.45, 7) is 0. The zero-order valence-electron chi connectivity index (χ0n) is 13.6. The van der Waals surface area contributed by atoms with Crippen molar-refractivity contribution in [1.29, 1.82) is 0 Å². The Labute approximate surface area is 150 Å². The van der Waals surface area contributed by atoms with Crippen LogP contribution >= 0.6 is 12.2 Å². The van der Waals surface area contributed by atoms with E-state index in [1.54, 1.807) is 18.3 Å². The Balaban J connectivity index is 1.81. The number of halogens is 1. The van der Waals surface area contributed by atoms with Crippen LogP contribution in [0.1, 0.15) is 23.3 Å². The van der Waals surface area contributed by atoms with Crippen LogP contribution in [0.2, 0.25) is 0 Å². The highest BCUT2D eigenvalue weighted by molar-refractivity contribution is 7.80. The molecule has 4 nitrogen and oxygen atoms in total. The fourth-order valence-corrected chi connectivity index (χ4v) is 3.62. The van der Waals surface area contributed by atoms with Gasteiger partial charge in [0.25, 0.3) is 0 Å². The summed E-state index contributed by atoms with van der Waals surface area (Å²) in [6, 6.07) is 14.2. The van der Waals surface area contributed by atoms with E-state index in [0.717, 1.165) is 16.9 Å². The van der Waals surface area contributed by atoms with Crippen molar-refractivity contribution >= 4 is 23.0 Å². The number of thiocarbonyl (C=S) groups is 1. The Morgan fingerprint density at radius 3 is 2.56 bits per heavy atom. The van der Waals surface area contributed by atoms with E-state index in [4.69, 9.17) is 12.2 Å². The summed E-state index contributed by atoms with van der Waals surface area (Å²) in [4.78, 5) is 6.54. The van der Waals surface area contributed by atoms with Crippen LogP contribution in [0.4, 0.5) is 10.1 Å². The molecule has 3 aromatic rings. The van der Waals surface area contributed by atoms with Crippen molar-refractivity contribution in [3.63, 3.8) is 0 Å². The predicted octanol–water partition coefficient (Wildman–Crippen LogP) is 3.74. The van der Waals surface area contributed by atoms with Gasteiger partial charge in [0, 0.05) is 31.3 Å². The number of hydrogen-bond acceptors (Lipinski definition) is 2. The molecule has 0 saturated carbocycles. The third kappa shape index (κ3) is 2.89. The Hall–Kier alpha value is -2.73. The number of hydrogen-bond donors (Lipinski definition) is 1. The smallest absolute Gasteiger partial charge is 0.174 e. The standard InChI is InChI=1S/C19H17FN4S/c1-23-11-9-13(12-23)18-17(16-4-2-3-10-21-16)22-19(25)24(18)15-7-5-14(20)6-8-15/h2-12,17-18H,1H3,(H,22,25)/t17-,18+/m1/s1. The van der Waals surface area contributed by atoms with Crippen LogP contribution < -0.4 is 10.2 Å². The van der Waals surface area contributed by atoms with Crippen molar-refractivity contribution < 1.29 is 4.39 Å². The third-order valence-corrected chi connectivity index (χ3v) is 4.71. The lowest BCUT2D eigenvalue weighted by Gasteiger charge is -2.27. The minimum atomic E-state index is -0.264. The van der Waals surface area contributed by atoms with Crippen LogP contribution in [0.15, 0.2) is 67.1 Å². The first-order chi connectivity index (χ1) is 12.1. The third-order valence-electron chi connectivity index (χ3n) is 4.40. The van der Waals surface area contributed by atoms with Gasteiger partial charge in [-0.05, 0) is 60.2 Å². The molecule has 0 aliphatic carbocycles. The van der Waals surface area contributed by atoms with Crippen molar-refractivity contribution in [1.82, 2.24) is 14.9 Å². The number of pyridine rings is 1. The summed E-state index contributed by atoms with van der Waals surface area (Å²) in [5.41, 5.74) is 2.89.